The predicted molar refractivity (Wildman–Crippen MR) is 157 cm³/mol. The van der Waals surface area contributed by atoms with Crippen molar-refractivity contribution in [2.75, 3.05) is 0 Å². The lowest BCUT2D eigenvalue weighted by molar-refractivity contribution is 0.458. The SMILES string of the molecule is CCC(C)c1ccc(C(c2cc(-c3ccc(O)cc3)ccc2O)c2cc(-c3ccc(O)cc3)ccc2O)cc1. The van der Waals surface area contributed by atoms with Crippen LogP contribution < -0.4 is 0 Å². The summed E-state index contributed by atoms with van der Waals surface area (Å²) in [7, 11) is 0. The van der Waals surface area contributed by atoms with Gasteiger partial charge in [0, 0.05) is 17.0 Å². The van der Waals surface area contributed by atoms with Gasteiger partial charge in [0.1, 0.15) is 23.0 Å². The molecule has 0 radical (unpaired) electrons. The van der Waals surface area contributed by atoms with E-state index in [1.807, 2.05) is 48.5 Å². The predicted octanol–water partition coefficient (Wildman–Crippen LogP) is 8.54. The maximum atomic E-state index is 11.2. The van der Waals surface area contributed by atoms with Gasteiger partial charge in [-0.3, -0.25) is 0 Å². The molecular formula is C35H32O4. The van der Waals surface area contributed by atoms with Crippen molar-refractivity contribution >= 4 is 0 Å². The number of hydrogen-bond acceptors (Lipinski definition) is 4. The van der Waals surface area contributed by atoms with Crippen LogP contribution in [0.1, 0.15) is 54.4 Å². The number of aromatic hydroxyl groups is 4. The van der Waals surface area contributed by atoms with Crippen LogP contribution in [0.15, 0.2) is 109 Å². The Bertz CT molecular complexity index is 1470. The number of phenols is 4. The van der Waals surface area contributed by atoms with E-state index in [9.17, 15) is 20.4 Å². The van der Waals surface area contributed by atoms with Crippen LogP contribution in [0.2, 0.25) is 0 Å². The van der Waals surface area contributed by atoms with Gasteiger partial charge in [-0.05, 0) is 94.3 Å². The highest BCUT2D eigenvalue weighted by Gasteiger charge is 2.24. The fourth-order valence-electron chi connectivity index (χ4n) is 5.02. The van der Waals surface area contributed by atoms with Crippen LogP contribution in [-0.2, 0) is 0 Å². The number of phenolic OH excluding ortho intramolecular Hbond substituents is 4. The van der Waals surface area contributed by atoms with Crippen LogP contribution in [0.25, 0.3) is 22.3 Å². The summed E-state index contributed by atoms with van der Waals surface area (Å²) in [5.41, 5.74) is 7.09. The maximum absolute atomic E-state index is 11.2. The molecule has 1 atom stereocenters. The van der Waals surface area contributed by atoms with Crippen LogP contribution in [0.5, 0.6) is 23.0 Å². The van der Waals surface area contributed by atoms with Crippen molar-refractivity contribution in [2.45, 2.75) is 32.1 Å². The number of rotatable bonds is 7. The fraction of sp³-hybridized carbons (Fsp3) is 0.143. The molecule has 0 aliphatic carbocycles. The molecule has 0 heterocycles. The average molecular weight is 517 g/mol. The van der Waals surface area contributed by atoms with Gasteiger partial charge in [-0.15, -0.1) is 0 Å². The first-order valence-electron chi connectivity index (χ1n) is 13.2. The molecule has 0 amide bonds. The summed E-state index contributed by atoms with van der Waals surface area (Å²) in [6.07, 6.45) is 1.04. The first-order valence-corrected chi connectivity index (χ1v) is 13.2. The third-order valence-corrected chi connectivity index (χ3v) is 7.53. The largest absolute Gasteiger partial charge is 0.508 e. The Kier molecular flexibility index (Phi) is 7.29. The molecule has 4 N–H and O–H groups in total. The molecule has 0 saturated heterocycles. The minimum Gasteiger partial charge on any atom is -0.508 e. The minimum absolute atomic E-state index is 0.128. The molecule has 0 saturated carbocycles. The zero-order chi connectivity index (χ0) is 27.5. The maximum Gasteiger partial charge on any atom is 0.119 e. The first-order chi connectivity index (χ1) is 18.8. The normalized spacial score (nSPS) is 12.0. The Morgan fingerprint density at radius 3 is 1.28 bits per heavy atom. The monoisotopic (exact) mass is 516 g/mol. The van der Waals surface area contributed by atoms with Gasteiger partial charge in [0.15, 0.2) is 0 Å². The smallest absolute Gasteiger partial charge is 0.119 e. The molecule has 4 nitrogen and oxygen atoms in total. The lowest BCUT2D eigenvalue weighted by atomic mass is 9.81. The molecule has 5 aromatic rings. The molecule has 5 aromatic carbocycles. The molecule has 1 unspecified atom stereocenters. The zero-order valence-electron chi connectivity index (χ0n) is 22.0. The van der Waals surface area contributed by atoms with Gasteiger partial charge in [-0.2, -0.15) is 0 Å². The zero-order valence-corrected chi connectivity index (χ0v) is 22.0. The lowest BCUT2D eigenvalue weighted by Gasteiger charge is -2.23. The van der Waals surface area contributed by atoms with E-state index in [1.165, 1.54) is 5.56 Å². The van der Waals surface area contributed by atoms with Gasteiger partial charge in [0.2, 0.25) is 0 Å². The molecule has 0 spiro atoms. The van der Waals surface area contributed by atoms with Gasteiger partial charge in [0.25, 0.3) is 0 Å². The lowest BCUT2D eigenvalue weighted by Crippen LogP contribution is -2.06. The Labute approximate surface area is 229 Å². The van der Waals surface area contributed by atoms with E-state index in [-0.39, 0.29) is 23.0 Å². The molecule has 39 heavy (non-hydrogen) atoms. The van der Waals surface area contributed by atoms with Crippen LogP contribution in [-0.4, -0.2) is 20.4 Å². The summed E-state index contributed by atoms with van der Waals surface area (Å²) in [4.78, 5) is 0. The van der Waals surface area contributed by atoms with Crippen molar-refractivity contribution in [2.24, 2.45) is 0 Å². The van der Waals surface area contributed by atoms with E-state index in [2.05, 4.69) is 38.1 Å². The van der Waals surface area contributed by atoms with Crippen molar-refractivity contribution in [3.05, 3.63) is 131 Å². The Balaban J connectivity index is 1.69. The Morgan fingerprint density at radius 1 is 0.487 bits per heavy atom. The van der Waals surface area contributed by atoms with Gasteiger partial charge < -0.3 is 20.4 Å². The summed E-state index contributed by atoms with van der Waals surface area (Å²) in [6, 6.07) is 33.2. The summed E-state index contributed by atoms with van der Waals surface area (Å²) in [5.74, 6) is 0.604. The number of benzene rings is 5. The molecule has 0 aromatic heterocycles. The van der Waals surface area contributed by atoms with Gasteiger partial charge in [0.05, 0.1) is 0 Å². The van der Waals surface area contributed by atoms with E-state index in [4.69, 9.17) is 0 Å². The quantitative estimate of drug-likeness (QED) is 0.163. The first kappa shape index (κ1) is 25.9. The molecule has 0 aliphatic heterocycles. The van der Waals surface area contributed by atoms with Crippen molar-refractivity contribution in [1.29, 1.82) is 0 Å². The van der Waals surface area contributed by atoms with Crippen molar-refractivity contribution in [3.63, 3.8) is 0 Å². The second-order valence-electron chi connectivity index (χ2n) is 10.0. The van der Waals surface area contributed by atoms with Gasteiger partial charge in [-0.1, -0.05) is 74.5 Å². The third-order valence-electron chi connectivity index (χ3n) is 7.53. The molecule has 5 rings (SSSR count). The molecule has 0 fully saturated rings. The highest BCUT2D eigenvalue weighted by atomic mass is 16.3. The highest BCUT2D eigenvalue weighted by molar-refractivity contribution is 5.71. The second-order valence-corrected chi connectivity index (χ2v) is 10.0. The Hall–Kier alpha value is -4.70. The molecule has 4 heteroatoms. The van der Waals surface area contributed by atoms with Crippen LogP contribution in [0.4, 0.5) is 0 Å². The average Bonchev–Trinajstić information content (AvgIpc) is 2.96. The standard InChI is InChI=1S/C35H32O4/c1-3-22(2)23-4-6-26(7-5-23)35(31-20-27(12-18-33(31)38)24-8-14-29(36)15-9-24)32-21-28(13-19-34(32)39)25-10-16-30(37)17-11-25/h4-22,35-39H,3H2,1-2H3. The van der Waals surface area contributed by atoms with E-state index in [0.717, 1.165) is 34.2 Å². The van der Waals surface area contributed by atoms with Crippen LogP contribution in [0, 0.1) is 0 Å². The summed E-state index contributed by atoms with van der Waals surface area (Å²) in [5, 5.41) is 41.8. The molecule has 0 bridgehead atoms. The summed E-state index contributed by atoms with van der Waals surface area (Å²) < 4.78 is 0. The van der Waals surface area contributed by atoms with Gasteiger partial charge >= 0.3 is 0 Å². The van der Waals surface area contributed by atoms with Crippen molar-refractivity contribution < 1.29 is 20.4 Å². The minimum atomic E-state index is -0.454. The molecule has 0 aliphatic rings. The molecule has 196 valence electrons. The summed E-state index contributed by atoms with van der Waals surface area (Å²) in [6.45, 7) is 4.37. The topological polar surface area (TPSA) is 80.9 Å². The van der Waals surface area contributed by atoms with E-state index in [1.54, 1.807) is 36.4 Å². The second kappa shape index (κ2) is 11.0. The van der Waals surface area contributed by atoms with Crippen LogP contribution in [0.3, 0.4) is 0 Å². The van der Waals surface area contributed by atoms with Crippen molar-refractivity contribution in [1.82, 2.24) is 0 Å². The van der Waals surface area contributed by atoms with E-state index in [0.29, 0.717) is 17.0 Å². The third kappa shape index (κ3) is 5.46. The van der Waals surface area contributed by atoms with Crippen LogP contribution >= 0.6 is 0 Å². The Morgan fingerprint density at radius 2 is 0.872 bits per heavy atom. The van der Waals surface area contributed by atoms with Crippen molar-refractivity contribution in [3.8, 4) is 45.3 Å². The fourth-order valence-corrected chi connectivity index (χ4v) is 5.02. The van der Waals surface area contributed by atoms with E-state index < -0.39 is 5.92 Å². The highest BCUT2D eigenvalue weighted by Crippen LogP contribution is 2.43. The molecular weight excluding hydrogens is 484 g/mol. The van der Waals surface area contributed by atoms with Gasteiger partial charge in [-0.25, -0.2) is 0 Å². The number of hydrogen-bond donors (Lipinski definition) is 4. The summed E-state index contributed by atoms with van der Waals surface area (Å²) >= 11 is 0. The van der Waals surface area contributed by atoms with E-state index >= 15 is 0 Å².